The molecule has 5 nitrogen and oxygen atoms in total. The minimum Gasteiger partial charge on any atom is -0.445 e. The van der Waals surface area contributed by atoms with E-state index in [1.807, 2.05) is 36.4 Å². The minimum atomic E-state index is -2.85. The van der Waals surface area contributed by atoms with Gasteiger partial charge in [0, 0.05) is 0 Å². The van der Waals surface area contributed by atoms with E-state index < -0.39 is 6.61 Å². The van der Waals surface area contributed by atoms with Crippen molar-refractivity contribution in [3.05, 3.63) is 71.8 Å². The molecule has 1 amide bonds. The molecule has 2 atom stereocenters. The fraction of sp³-hybridized carbons (Fsp3) is 0.318. The van der Waals surface area contributed by atoms with Crippen LogP contribution < -0.4 is 4.74 Å². The van der Waals surface area contributed by atoms with Gasteiger partial charge in [-0.1, -0.05) is 48.5 Å². The molecule has 2 unspecified atom stereocenters. The third-order valence-corrected chi connectivity index (χ3v) is 5.06. The quantitative estimate of drug-likeness (QED) is 0.741. The first-order valence-corrected chi connectivity index (χ1v) is 9.43. The first-order valence-electron chi connectivity index (χ1n) is 9.43. The molecule has 1 fully saturated rings. The summed E-state index contributed by atoms with van der Waals surface area (Å²) in [4.78, 5) is 14.4. The maximum Gasteiger partial charge on any atom is 0.411 e. The Labute approximate surface area is 167 Å². The Kier molecular flexibility index (Phi) is 5.76. The first kappa shape index (κ1) is 19.4. The molecule has 2 heterocycles. The molecule has 0 aliphatic carbocycles. The molecule has 0 aromatic heterocycles. The number of halogens is 2. The van der Waals surface area contributed by atoms with Crippen LogP contribution in [-0.2, 0) is 16.1 Å². The average Bonchev–Trinajstić information content (AvgIpc) is 2.72. The molecule has 1 saturated heterocycles. The van der Waals surface area contributed by atoms with Crippen LogP contribution in [0.5, 0.6) is 5.75 Å². The van der Waals surface area contributed by atoms with E-state index in [9.17, 15) is 13.6 Å². The Morgan fingerprint density at radius 1 is 1.10 bits per heavy atom. The first-order chi connectivity index (χ1) is 14.1. The van der Waals surface area contributed by atoms with Crippen molar-refractivity contribution in [1.82, 2.24) is 4.90 Å². The number of carbonyl (C=O) groups excluding carboxylic acids is 1. The number of hydrogen-bond acceptors (Lipinski definition) is 4. The van der Waals surface area contributed by atoms with E-state index in [1.54, 1.807) is 17.0 Å². The summed E-state index contributed by atoms with van der Waals surface area (Å²) in [6.45, 7) is -1.80. The molecule has 0 radical (unpaired) electrons. The third-order valence-electron chi connectivity index (χ3n) is 5.06. The molecule has 2 aliphatic rings. The van der Waals surface area contributed by atoms with Crippen LogP contribution in [0.15, 0.2) is 60.7 Å². The number of benzene rings is 2. The SMILES string of the molecule is O=C(OCc1ccccc1)N1C2C=C(c3ccc(OC(F)F)cc3)CC1COC2. The zero-order chi connectivity index (χ0) is 20.2. The summed E-state index contributed by atoms with van der Waals surface area (Å²) in [6, 6.07) is 15.7. The molecule has 7 heteroatoms. The largest absolute Gasteiger partial charge is 0.445 e. The van der Waals surface area contributed by atoms with Crippen LogP contribution in [0.25, 0.3) is 5.57 Å². The van der Waals surface area contributed by atoms with Crippen LogP contribution in [-0.4, -0.2) is 42.9 Å². The lowest BCUT2D eigenvalue weighted by molar-refractivity contribution is -0.0498. The van der Waals surface area contributed by atoms with Gasteiger partial charge in [-0.3, -0.25) is 4.90 Å². The monoisotopic (exact) mass is 401 g/mol. The number of morpholine rings is 1. The summed E-state index contributed by atoms with van der Waals surface area (Å²) < 4.78 is 40.2. The predicted octanol–water partition coefficient (Wildman–Crippen LogP) is 4.48. The second-order valence-electron chi connectivity index (χ2n) is 7.00. The molecule has 29 heavy (non-hydrogen) atoms. The molecule has 2 aromatic rings. The fourth-order valence-corrected chi connectivity index (χ4v) is 3.74. The van der Waals surface area contributed by atoms with Crippen molar-refractivity contribution in [2.45, 2.75) is 31.7 Å². The molecule has 2 bridgehead atoms. The zero-order valence-electron chi connectivity index (χ0n) is 15.7. The highest BCUT2D eigenvalue weighted by molar-refractivity contribution is 5.74. The van der Waals surface area contributed by atoms with Gasteiger partial charge in [0.25, 0.3) is 0 Å². The summed E-state index contributed by atoms with van der Waals surface area (Å²) >= 11 is 0. The van der Waals surface area contributed by atoms with Gasteiger partial charge in [-0.2, -0.15) is 8.78 Å². The summed E-state index contributed by atoms with van der Waals surface area (Å²) in [7, 11) is 0. The smallest absolute Gasteiger partial charge is 0.411 e. The Balaban J connectivity index is 1.46. The van der Waals surface area contributed by atoms with Crippen molar-refractivity contribution in [3.63, 3.8) is 0 Å². The standard InChI is InChI=1S/C22H21F2NO4/c23-21(24)29-20-8-6-16(7-9-20)17-10-18-13-27-14-19(11-17)25(18)22(26)28-12-15-4-2-1-3-5-15/h1-10,18-19,21H,11-14H2. The lowest BCUT2D eigenvalue weighted by atomic mass is 9.90. The number of nitrogens with zero attached hydrogens (tertiary/aromatic N) is 1. The Bertz CT molecular complexity index is 870. The number of rotatable bonds is 5. The van der Waals surface area contributed by atoms with Gasteiger partial charge in [0.15, 0.2) is 0 Å². The summed E-state index contributed by atoms with van der Waals surface area (Å²) in [6.07, 6.45) is 2.23. The zero-order valence-corrected chi connectivity index (χ0v) is 15.7. The van der Waals surface area contributed by atoms with E-state index in [1.165, 1.54) is 12.1 Å². The average molecular weight is 401 g/mol. The predicted molar refractivity (Wildman–Crippen MR) is 103 cm³/mol. The van der Waals surface area contributed by atoms with Gasteiger partial charge in [0.05, 0.1) is 25.3 Å². The minimum absolute atomic E-state index is 0.120. The van der Waals surface area contributed by atoms with Gasteiger partial charge in [-0.25, -0.2) is 4.79 Å². The lowest BCUT2D eigenvalue weighted by Crippen LogP contribution is -2.56. The Morgan fingerprint density at radius 3 is 2.55 bits per heavy atom. The van der Waals surface area contributed by atoms with Crippen molar-refractivity contribution in [1.29, 1.82) is 0 Å². The van der Waals surface area contributed by atoms with E-state index >= 15 is 0 Å². The normalized spacial score (nSPS) is 20.9. The summed E-state index contributed by atoms with van der Waals surface area (Å²) in [5.41, 5.74) is 2.90. The van der Waals surface area contributed by atoms with Crippen molar-refractivity contribution >= 4 is 11.7 Å². The second-order valence-corrected chi connectivity index (χ2v) is 7.00. The number of fused-ring (bicyclic) bond motifs is 2. The molecule has 0 saturated carbocycles. The van der Waals surface area contributed by atoms with Crippen LogP contribution in [0.4, 0.5) is 13.6 Å². The van der Waals surface area contributed by atoms with E-state index in [4.69, 9.17) is 9.47 Å². The number of amides is 1. The fourth-order valence-electron chi connectivity index (χ4n) is 3.74. The molecule has 152 valence electrons. The van der Waals surface area contributed by atoms with Gasteiger partial charge in [-0.05, 0) is 35.3 Å². The molecule has 4 rings (SSSR count). The molecule has 2 aliphatic heterocycles. The van der Waals surface area contributed by atoms with Crippen LogP contribution >= 0.6 is 0 Å². The van der Waals surface area contributed by atoms with Crippen LogP contribution in [0, 0.1) is 0 Å². The van der Waals surface area contributed by atoms with E-state index in [0.29, 0.717) is 19.6 Å². The number of alkyl halides is 2. The highest BCUT2D eigenvalue weighted by atomic mass is 19.3. The van der Waals surface area contributed by atoms with E-state index in [-0.39, 0.29) is 30.5 Å². The highest BCUT2D eigenvalue weighted by Gasteiger charge is 2.39. The van der Waals surface area contributed by atoms with Crippen molar-refractivity contribution in [2.24, 2.45) is 0 Å². The van der Waals surface area contributed by atoms with Gasteiger partial charge >= 0.3 is 12.7 Å². The molecular weight excluding hydrogens is 380 g/mol. The molecule has 0 N–H and O–H groups in total. The second kappa shape index (κ2) is 8.61. The van der Waals surface area contributed by atoms with Crippen molar-refractivity contribution in [2.75, 3.05) is 13.2 Å². The van der Waals surface area contributed by atoms with Crippen molar-refractivity contribution < 1.29 is 27.8 Å². The van der Waals surface area contributed by atoms with Crippen LogP contribution in [0.1, 0.15) is 17.5 Å². The molecular formula is C22H21F2NO4. The number of carbonyl (C=O) groups is 1. The molecule has 0 spiro atoms. The topological polar surface area (TPSA) is 48.0 Å². The summed E-state index contributed by atoms with van der Waals surface area (Å²) in [5.74, 6) is 0.120. The van der Waals surface area contributed by atoms with Crippen molar-refractivity contribution in [3.8, 4) is 5.75 Å². The van der Waals surface area contributed by atoms with Gasteiger partial charge in [0.2, 0.25) is 0 Å². The Hall–Kier alpha value is -2.93. The van der Waals surface area contributed by atoms with Gasteiger partial charge < -0.3 is 14.2 Å². The lowest BCUT2D eigenvalue weighted by Gasteiger charge is -2.43. The maximum absolute atomic E-state index is 12.7. The van der Waals surface area contributed by atoms with Gasteiger partial charge in [-0.15, -0.1) is 0 Å². The Morgan fingerprint density at radius 2 is 1.86 bits per heavy atom. The third kappa shape index (κ3) is 4.56. The molecule has 2 aromatic carbocycles. The number of hydrogen-bond donors (Lipinski definition) is 0. The van der Waals surface area contributed by atoms with Gasteiger partial charge in [0.1, 0.15) is 12.4 Å². The summed E-state index contributed by atoms with van der Waals surface area (Å²) in [5, 5.41) is 0. The number of ether oxygens (including phenoxy) is 3. The van der Waals surface area contributed by atoms with Crippen LogP contribution in [0.3, 0.4) is 0 Å². The van der Waals surface area contributed by atoms with E-state index in [2.05, 4.69) is 4.74 Å². The maximum atomic E-state index is 12.7. The van der Waals surface area contributed by atoms with E-state index in [0.717, 1.165) is 16.7 Å². The van der Waals surface area contributed by atoms with Crippen LogP contribution in [0.2, 0.25) is 0 Å². The highest BCUT2D eigenvalue weighted by Crippen LogP contribution is 2.33.